The van der Waals surface area contributed by atoms with Gasteiger partial charge in [-0.15, -0.1) is 0 Å². The van der Waals surface area contributed by atoms with Gasteiger partial charge in [-0.3, -0.25) is 0 Å². The Balaban J connectivity index is 0.000000288. The molecule has 0 amide bonds. The summed E-state index contributed by atoms with van der Waals surface area (Å²) in [7, 11) is 0. The Bertz CT molecular complexity index is 1070. The molecule has 0 heterocycles. The molecule has 40 heavy (non-hydrogen) atoms. The molecule has 0 aliphatic heterocycles. The minimum Gasteiger partial charge on any atom is -0.478 e. The van der Waals surface area contributed by atoms with Crippen LogP contribution in [0.4, 0.5) is 0 Å². The van der Waals surface area contributed by atoms with Gasteiger partial charge < -0.3 is 30.6 Å². The van der Waals surface area contributed by atoms with Crippen molar-refractivity contribution in [1.29, 1.82) is 0 Å². The van der Waals surface area contributed by atoms with E-state index in [4.69, 9.17) is 25.5 Å². The molecule has 2 aliphatic rings. The second-order valence-electron chi connectivity index (χ2n) is 11.7. The van der Waals surface area contributed by atoms with Crippen LogP contribution in [0.2, 0.25) is 0 Å². The number of fused-ring (bicyclic) bond motifs is 1. The van der Waals surface area contributed by atoms with Gasteiger partial charge in [-0.2, -0.15) is 0 Å². The normalized spacial score (nSPS) is 22.7. The summed E-state index contributed by atoms with van der Waals surface area (Å²) in [5.74, 6) is -0.858. The second kappa shape index (κ2) is 15.3. The molecule has 6 N–H and O–H groups in total. The van der Waals surface area contributed by atoms with Gasteiger partial charge in [0.15, 0.2) is 0 Å². The minimum absolute atomic E-state index is 0.0768. The van der Waals surface area contributed by atoms with E-state index < -0.39 is 11.9 Å². The lowest BCUT2D eigenvalue weighted by molar-refractivity contribution is 0.0686. The molecule has 2 aromatic rings. The van der Waals surface area contributed by atoms with Crippen LogP contribution in [-0.4, -0.2) is 69.0 Å². The average molecular weight is 559 g/mol. The Morgan fingerprint density at radius 3 is 1.55 bits per heavy atom. The summed E-state index contributed by atoms with van der Waals surface area (Å²) in [5, 5.41) is 52.1. The maximum Gasteiger partial charge on any atom is 0.335 e. The summed E-state index contributed by atoms with van der Waals surface area (Å²) in [6, 6.07) is 12.2. The third kappa shape index (κ3) is 8.61. The molecule has 1 saturated carbocycles. The van der Waals surface area contributed by atoms with Gasteiger partial charge in [0.2, 0.25) is 0 Å². The molecule has 222 valence electrons. The van der Waals surface area contributed by atoms with Crippen molar-refractivity contribution >= 4 is 11.9 Å². The van der Waals surface area contributed by atoms with Gasteiger partial charge in [0.05, 0.1) is 11.1 Å². The van der Waals surface area contributed by atoms with E-state index in [1.54, 1.807) is 24.3 Å². The van der Waals surface area contributed by atoms with E-state index in [0.717, 1.165) is 61.6 Å². The Kier molecular flexibility index (Phi) is 12.8. The van der Waals surface area contributed by atoms with Gasteiger partial charge in [-0.05, 0) is 103 Å². The Labute approximate surface area is 237 Å². The molecule has 0 aromatic heterocycles. The number of unbranched alkanes of at least 4 members (excludes halogenated alkanes) is 1. The van der Waals surface area contributed by atoms with E-state index in [1.807, 2.05) is 18.2 Å². The number of carbonyl (C=O) groups is 2. The summed E-state index contributed by atoms with van der Waals surface area (Å²) in [6.45, 7) is 7.46. The molecule has 1 atom stereocenters. The molecule has 1 unspecified atom stereocenters. The zero-order valence-corrected chi connectivity index (χ0v) is 24.0. The molecular weight excluding hydrogens is 512 g/mol. The van der Waals surface area contributed by atoms with E-state index in [9.17, 15) is 14.7 Å². The summed E-state index contributed by atoms with van der Waals surface area (Å²) in [5.41, 5.74) is 3.27. The van der Waals surface area contributed by atoms with Crippen LogP contribution in [0.3, 0.4) is 0 Å². The van der Waals surface area contributed by atoms with Gasteiger partial charge in [-0.1, -0.05) is 39.0 Å². The van der Waals surface area contributed by atoms with Crippen molar-refractivity contribution in [2.24, 2.45) is 11.8 Å². The lowest BCUT2D eigenvalue weighted by Gasteiger charge is -2.28. The summed E-state index contributed by atoms with van der Waals surface area (Å²) >= 11 is 0. The predicted octanol–water partition coefficient (Wildman–Crippen LogP) is 4.60. The summed E-state index contributed by atoms with van der Waals surface area (Å²) < 4.78 is 0. The van der Waals surface area contributed by atoms with Crippen molar-refractivity contribution in [3.05, 3.63) is 70.3 Å². The Hall–Kier alpha value is -2.78. The first-order chi connectivity index (χ1) is 18.9. The first kappa shape index (κ1) is 33.4. The highest BCUT2D eigenvalue weighted by Gasteiger charge is 2.46. The Morgan fingerprint density at radius 2 is 1.15 bits per heavy atom. The average Bonchev–Trinajstić information content (AvgIpc) is 3.17. The van der Waals surface area contributed by atoms with Crippen LogP contribution in [0, 0.1) is 11.8 Å². The molecule has 4 rings (SSSR count). The quantitative estimate of drug-likeness (QED) is 0.257. The number of hydrogen-bond acceptors (Lipinski definition) is 6. The zero-order chi connectivity index (χ0) is 29.9. The first-order valence-electron chi connectivity index (χ1n) is 14.1. The van der Waals surface area contributed by atoms with Gasteiger partial charge in [-0.25, -0.2) is 9.59 Å². The van der Waals surface area contributed by atoms with Crippen LogP contribution < -0.4 is 0 Å². The van der Waals surface area contributed by atoms with Crippen molar-refractivity contribution < 1.29 is 40.2 Å². The van der Waals surface area contributed by atoms with Crippen LogP contribution in [-0.2, 0) is 10.8 Å². The van der Waals surface area contributed by atoms with Crippen LogP contribution in [0.15, 0.2) is 42.5 Å². The van der Waals surface area contributed by atoms with E-state index in [0.29, 0.717) is 25.0 Å². The number of aliphatic hydroxyl groups is 4. The molecule has 0 saturated heterocycles. The van der Waals surface area contributed by atoms with E-state index in [2.05, 4.69) is 20.8 Å². The molecule has 8 nitrogen and oxygen atoms in total. The number of carboxylic acids is 2. The maximum absolute atomic E-state index is 11.4. The number of rotatable bonds is 8. The fourth-order valence-electron chi connectivity index (χ4n) is 5.86. The van der Waals surface area contributed by atoms with Crippen molar-refractivity contribution in [3.8, 4) is 0 Å². The van der Waals surface area contributed by atoms with Gasteiger partial charge >= 0.3 is 11.9 Å². The highest BCUT2D eigenvalue weighted by atomic mass is 16.4. The monoisotopic (exact) mass is 558 g/mol. The van der Waals surface area contributed by atoms with E-state index in [-0.39, 0.29) is 35.2 Å². The lowest BCUT2D eigenvalue weighted by atomic mass is 9.75. The third-order valence-corrected chi connectivity index (χ3v) is 8.20. The lowest BCUT2D eigenvalue weighted by Crippen LogP contribution is -2.23. The smallest absolute Gasteiger partial charge is 0.335 e. The summed E-state index contributed by atoms with van der Waals surface area (Å²) in [4.78, 5) is 22.4. The summed E-state index contributed by atoms with van der Waals surface area (Å²) in [6.07, 6.45) is 6.67. The number of aromatic carboxylic acids is 2. The fourth-order valence-corrected chi connectivity index (χ4v) is 5.86. The largest absolute Gasteiger partial charge is 0.478 e. The predicted molar refractivity (Wildman–Crippen MR) is 154 cm³/mol. The van der Waals surface area contributed by atoms with Crippen LogP contribution in [0.5, 0.6) is 0 Å². The first-order valence-corrected chi connectivity index (χ1v) is 14.1. The van der Waals surface area contributed by atoms with E-state index in [1.165, 1.54) is 0 Å². The molecule has 1 fully saturated rings. The molecule has 0 radical (unpaired) electrons. The molecule has 8 heteroatoms. The Morgan fingerprint density at radius 1 is 0.700 bits per heavy atom. The van der Waals surface area contributed by atoms with Crippen LogP contribution in [0.1, 0.15) is 103 Å². The molecule has 2 aromatic carbocycles. The SMILES string of the molecule is CC1(C)CC(C)(c2ccc(C(=O)O)cc2)c2cc(C(=O)O)ccc21.OCC1CCC(CO)CC1.OCCCCO. The fraction of sp³-hybridized carbons (Fsp3) is 0.562. The minimum atomic E-state index is -0.952. The van der Waals surface area contributed by atoms with Crippen molar-refractivity contribution in [1.82, 2.24) is 0 Å². The van der Waals surface area contributed by atoms with Gasteiger partial charge in [0.1, 0.15) is 0 Å². The highest BCUT2D eigenvalue weighted by Crippen LogP contribution is 2.52. The third-order valence-electron chi connectivity index (χ3n) is 8.20. The van der Waals surface area contributed by atoms with Crippen LogP contribution >= 0.6 is 0 Å². The number of aliphatic hydroxyl groups excluding tert-OH is 4. The highest BCUT2D eigenvalue weighted by molar-refractivity contribution is 5.88. The van der Waals surface area contributed by atoms with Gasteiger partial charge in [0.25, 0.3) is 0 Å². The van der Waals surface area contributed by atoms with Crippen molar-refractivity contribution in [3.63, 3.8) is 0 Å². The van der Waals surface area contributed by atoms with Crippen molar-refractivity contribution in [2.75, 3.05) is 26.4 Å². The number of hydrogen-bond donors (Lipinski definition) is 6. The van der Waals surface area contributed by atoms with Gasteiger partial charge in [0, 0.05) is 31.8 Å². The molecule has 2 aliphatic carbocycles. The maximum atomic E-state index is 11.4. The zero-order valence-electron chi connectivity index (χ0n) is 24.0. The number of benzene rings is 2. The number of carboxylic acid groups (broad SMARTS) is 2. The molecule has 0 spiro atoms. The standard InChI is InChI=1S/C20H20O4.C8H16O2.C4H10O2/c1-19(2)11-20(3,14-7-4-12(5-8-14)17(21)22)16-10-13(18(23)24)6-9-15(16)19;9-5-7-1-2-8(6-10)4-3-7;5-3-1-2-4-6/h4-10H,11H2,1-3H3,(H,21,22)(H,23,24);7-10H,1-6H2;5-6H,1-4H2. The molecular formula is C32H46O8. The topological polar surface area (TPSA) is 156 Å². The molecule has 0 bridgehead atoms. The van der Waals surface area contributed by atoms with Crippen LogP contribution in [0.25, 0.3) is 0 Å². The van der Waals surface area contributed by atoms with E-state index >= 15 is 0 Å². The van der Waals surface area contributed by atoms with Crippen molar-refractivity contribution in [2.45, 2.75) is 76.5 Å². The second-order valence-corrected chi connectivity index (χ2v) is 11.7.